The maximum absolute atomic E-state index is 10.4. The van der Waals surface area contributed by atoms with Crippen LogP contribution in [0.5, 0.6) is 0 Å². The normalized spacial score (nSPS) is 13.8. The third kappa shape index (κ3) is 1.06. The molecule has 7 heteroatoms. The number of hydrogen-bond acceptors (Lipinski definition) is 5. The van der Waals surface area contributed by atoms with Gasteiger partial charge in [-0.3, -0.25) is 4.21 Å². The summed E-state index contributed by atoms with van der Waals surface area (Å²) in [5, 5.41) is 5.49. The molecule has 0 aliphatic rings. The van der Waals surface area contributed by atoms with Gasteiger partial charge in [0.05, 0.1) is 5.69 Å². The van der Waals surface area contributed by atoms with Crippen molar-refractivity contribution in [3.63, 3.8) is 0 Å². The van der Waals surface area contributed by atoms with Crippen LogP contribution in [0.4, 0.5) is 0 Å². The van der Waals surface area contributed by atoms with Gasteiger partial charge in [0, 0.05) is 16.5 Å². The molecule has 2 aromatic heterocycles. The van der Waals surface area contributed by atoms with E-state index in [2.05, 4.69) is 10.1 Å². The molecule has 0 saturated carbocycles. The van der Waals surface area contributed by atoms with Crippen molar-refractivity contribution in [2.45, 2.75) is 12.1 Å². The Morgan fingerprint density at radius 3 is 3.08 bits per heavy atom. The van der Waals surface area contributed by atoms with Crippen LogP contribution >= 0.6 is 11.3 Å². The summed E-state index contributed by atoms with van der Waals surface area (Å²) >= 11 is -0.966. The highest BCUT2D eigenvalue weighted by atomic mass is 32.2. The molecule has 0 spiro atoms. The van der Waals surface area contributed by atoms with Crippen LogP contribution in [0.1, 0.15) is 5.69 Å². The topological polar surface area (TPSA) is 70.3 Å². The molecule has 1 atom stereocenters. The molecule has 0 bridgehead atoms. The lowest BCUT2D eigenvalue weighted by molar-refractivity contribution is 0.528. The second-order valence-electron chi connectivity index (χ2n) is 2.20. The Labute approximate surface area is 74.3 Å². The van der Waals surface area contributed by atoms with Crippen molar-refractivity contribution < 1.29 is 8.76 Å². The van der Waals surface area contributed by atoms with Crippen LogP contribution in [-0.2, 0) is 11.1 Å². The summed E-state index contributed by atoms with van der Waals surface area (Å²) in [5.74, 6) is 0. The van der Waals surface area contributed by atoms with E-state index in [1.54, 1.807) is 0 Å². The zero-order chi connectivity index (χ0) is 8.72. The highest BCUT2D eigenvalue weighted by Crippen LogP contribution is 2.13. The molecule has 2 rings (SSSR count). The van der Waals surface area contributed by atoms with Crippen molar-refractivity contribution >= 4 is 27.4 Å². The summed E-state index contributed by atoms with van der Waals surface area (Å²) < 4.78 is 22.4. The van der Waals surface area contributed by atoms with Gasteiger partial charge >= 0.3 is 0 Å². The van der Waals surface area contributed by atoms with Gasteiger partial charge < -0.3 is 4.55 Å². The van der Waals surface area contributed by atoms with Gasteiger partial charge in [-0.25, -0.2) is 4.52 Å². The van der Waals surface area contributed by atoms with Crippen LogP contribution in [0.3, 0.4) is 0 Å². The summed E-state index contributed by atoms with van der Waals surface area (Å²) in [6, 6.07) is 0. The molecule has 2 aromatic rings. The molecule has 64 valence electrons. The molecule has 1 unspecified atom stereocenters. The van der Waals surface area contributed by atoms with Crippen LogP contribution in [0.2, 0.25) is 0 Å². The summed E-state index contributed by atoms with van der Waals surface area (Å²) in [6.07, 6.45) is 0. The first-order valence-electron chi connectivity index (χ1n) is 3.08. The van der Waals surface area contributed by atoms with Crippen molar-refractivity contribution in [1.82, 2.24) is 14.6 Å². The molecule has 0 aliphatic heterocycles. The van der Waals surface area contributed by atoms with Crippen LogP contribution in [-0.4, -0.2) is 23.4 Å². The Kier molecular flexibility index (Phi) is 1.71. The first kappa shape index (κ1) is 7.84. The predicted octanol–water partition coefficient (Wildman–Crippen LogP) is 0.337. The number of fused-ring (bicyclic) bond motifs is 1. The van der Waals surface area contributed by atoms with Crippen LogP contribution in [0.25, 0.3) is 4.96 Å². The monoisotopic (exact) mass is 202 g/mol. The van der Waals surface area contributed by atoms with E-state index in [-0.39, 0.29) is 5.16 Å². The Balaban J connectivity index is 2.70. The fourth-order valence-corrected chi connectivity index (χ4v) is 2.01. The van der Waals surface area contributed by atoms with E-state index in [0.717, 1.165) is 5.69 Å². The summed E-state index contributed by atoms with van der Waals surface area (Å²) in [7, 11) is 0. The highest BCUT2D eigenvalue weighted by Gasteiger charge is 2.06. The largest absolute Gasteiger partial charge is 0.766 e. The minimum atomic E-state index is -2.33. The van der Waals surface area contributed by atoms with Gasteiger partial charge in [0.2, 0.25) is 10.1 Å². The number of rotatable bonds is 1. The number of aromatic nitrogens is 3. The van der Waals surface area contributed by atoms with Crippen LogP contribution < -0.4 is 0 Å². The lowest BCUT2D eigenvalue weighted by Gasteiger charge is -1.94. The molecule has 0 saturated heterocycles. The molecule has 0 aliphatic carbocycles. The Bertz CT molecular complexity index is 446. The molecule has 2 heterocycles. The van der Waals surface area contributed by atoms with Crippen molar-refractivity contribution in [2.24, 2.45) is 0 Å². The minimum absolute atomic E-state index is 0.148. The van der Waals surface area contributed by atoms with Crippen LogP contribution in [0, 0.1) is 6.92 Å². The van der Waals surface area contributed by atoms with Gasteiger partial charge in [-0.1, -0.05) is 0 Å². The first-order valence-corrected chi connectivity index (χ1v) is 5.04. The summed E-state index contributed by atoms with van der Waals surface area (Å²) in [5.41, 5.74) is 0.888. The molecule has 0 aromatic carbocycles. The van der Waals surface area contributed by atoms with Crippen LogP contribution in [0.15, 0.2) is 10.5 Å². The third-order valence-corrected chi connectivity index (χ3v) is 2.78. The molecule has 0 radical (unpaired) electrons. The molecular formula is C5H4N3O2S2-. The van der Waals surface area contributed by atoms with Gasteiger partial charge in [0.25, 0.3) is 0 Å². The maximum Gasteiger partial charge on any atom is 0.227 e. The molecular weight excluding hydrogens is 198 g/mol. The fourth-order valence-electron chi connectivity index (χ4n) is 0.844. The quantitative estimate of drug-likeness (QED) is 0.625. The van der Waals surface area contributed by atoms with Crippen molar-refractivity contribution in [3.8, 4) is 0 Å². The summed E-state index contributed by atoms with van der Waals surface area (Å²) in [4.78, 5) is 4.39. The molecule has 12 heavy (non-hydrogen) atoms. The van der Waals surface area contributed by atoms with Gasteiger partial charge in [0.1, 0.15) is 0 Å². The van der Waals surface area contributed by atoms with Crippen molar-refractivity contribution in [2.75, 3.05) is 0 Å². The van der Waals surface area contributed by atoms with E-state index in [0.29, 0.717) is 4.96 Å². The molecule has 0 amide bonds. The maximum atomic E-state index is 10.4. The number of thiazole rings is 1. The molecule has 5 nitrogen and oxygen atoms in total. The second-order valence-corrected chi connectivity index (χ2v) is 3.87. The van der Waals surface area contributed by atoms with Gasteiger partial charge in [-0.2, -0.15) is 4.98 Å². The first-order chi connectivity index (χ1) is 5.68. The zero-order valence-electron chi connectivity index (χ0n) is 6.05. The van der Waals surface area contributed by atoms with Crippen molar-refractivity contribution in [1.29, 1.82) is 0 Å². The van der Waals surface area contributed by atoms with E-state index < -0.39 is 11.1 Å². The lowest BCUT2D eigenvalue weighted by atomic mass is 10.6. The third-order valence-electron chi connectivity index (χ3n) is 1.38. The van der Waals surface area contributed by atoms with Gasteiger partial charge in [-0.05, 0) is 6.92 Å². The van der Waals surface area contributed by atoms with E-state index >= 15 is 0 Å². The SMILES string of the molecule is Cc1csc2nc(S(=O)[O-])nn12. The number of nitrogens with zero attached hydrogens (tertiary/aromatic N) is 3. The molecule has 0 N–H and O–H groups in total. The average Bonchev–Trinajstić information content (AvgIpc) is 2.53. The molecule has 0 fully saturated rings. The summed E-state index contributed by atoms with van der Waals surface area (Å²) in [6.45, 7) is 1.84. The fraction of sp³-hybridized carbons (Fsp3) is 0.200. The second kappa shape index (κ2) is 2.61. The van der Waals surface area contributed by atoms with E-state index in [9.17, 15) is 8.76 Å². The Morgan fingerprint density at radius 2 is 2.50 bits per heavy atom. The Morgan fingerprint density at radius 1 is 1.75 bits per heavy atom. The van der Waals surface area contributed by atoms with Crippen molar-refractivity contribution in [3.05, 3.63) is 11.1 Å². The highest BCUT2D eigenvalue weighted by molar-refractivity contribution is 7.79. The number of hydrogen-bond donors (Lipinski definition) is 0. The smallest absolute Gasteiger partial charge is 0.227 e. The Hall–Kier alpha value is -0.790. The minimum Gasteiger partial charge on any atom is -0.766 e. The van der Waals surface area contributed by atoms with E-state index in [1.807, 2.05) is 12.3 Å². The average molecular weight is 202 g/mol. The predicted molar refractivity (Wildman–Crippen MR) is 42.8 cm³/mol. The van der Waals surface area contributed by atoms with E-state index in [4.69, 9.17) is 0 Å². The lowest BCUT2D eigenvalue weighted by Crippen LogP contribution is -1.93. The van der Waals surface area contributed by atoms with Gasteiger partial charge in [0.15, 0.2) is 0 Å². The zero-order valence-corrected chi connectivity index (χ0v) is 7.68. The number of aryl methyl sites for hydroxylation is 1. The standard InChI is InChI=1S/C5H5N3O2S2/c1-3-2-11-5-6-4(12(9)10)7-8(3)5/h2H,1H3,(H,9,10)/p-1. The van der Waals surface area contributed by atoms with Gasteiger partial charge in [-0.15, -0.1) is 16.4 Å². The van der Waals surface area contributed by atoms with E-state index in [1.165, 1.54) is 15.9 Å².